The number of rotatable bonds is 7. The van der Waals surface area contributed by atoms with E-state index < -0.39 is 27.9 Å². The lowest BCUT2D eigenvalue weighted by molar-refractivity contribution is -0.139. The average molecular weight is 396 g/mol. The Morgan fingerprint density at radius 1 is 1.33 bits per heavy atom. The predicted octanol–water partition coefficient (Wildman–Crippen LogP) is 1.17. The van der Waals surface area contributed by atoms with Crippen molar-refractivity contribution in [1.82, 2.24) is 9.62 Å². The molecular formula is C18H24N2O6S. The zero-order chi connectivity index (χ0) is 20.0. The molecule has 1 aliphatic heterocycles. The van der Waals surface area contributed by atoms with E-state index in [1.165, 1.54) is 16.4 Å². The molecule has 1 atom stereocenters. The highest BCUT2D eigenvalue weighted by Crippen LogP contribution is 2.22. The van der Waals surface area contributed by atoms with E-state index in [2.05, 4.69) is 5.32 Å². The van der Waals surface area contributed by atoms with E-state index in [4.69, 9.17) is 4.74 Å². The highest BCUT2D eigenvalue weighted by Gasteiger charge is 2.29. The number of carbonyl (C=O) groups is 2. The summed E-state index contributed by atoms with van der Waals surface area (Å²) in [5, 5.41) is 11.7. The monoisotopic (exact) mass is 396 g/mol. The number of hydrogen-bond acceptors (Lipinski definition) is 5. The van der Waals surface area contributed by atoms with Gasteiger partial charge in [-0.25, -0.2) is 13.2 Å². The summed E-state index contributed by atoms with van der Waals surface area (Å²) in [4.78, 5) is 23.8. The zero-order valence-electron chi connectivity index (χ0n) is 15.3. The van der Waals surface area contributed by atoms with E-state index in [0.717, 1.165) is 0 Å². The molecule has 0 aromatic heterocycles. The van der Waals surface area contributed by atoms with E-state index in [1.54, 1.807) is 32.1 Å². The topological polar surface area (TPSA) is 113 Å². The number of amides is 1. The molecule has 1 amide bonds. The number of carbonyl (C=O) groups excluding carboxylic acids is 1. The molecule has 0 bridgehead atoms. The number of aliphatic carboxylic acids is 1. The number of nitrogens with one attached hydrogen (secondary N) is 1. The summed E-state index contributed by atoms with van der Waals surface area (Å²) in [5.74, 6) is -1.79. The van der Waals surface area contributed by atoms with Crippen molar-refractivity contribution < 1.29 is 27.9 Å². The second-order valence-corrected chi connectivity index (χ2v) is 8.07. The van der Waals surface area contributed by atoms with Crippen molar-refractivity contribution in [3.63, 3.8) is 0 Å². The van der Waals surface area contributed by atoms with E-state index in [0.29, 0.717) is 18.8 Å². The Morgan fingerprint density at radius 2 is 2.00 bits per heavy atom. The normalized spacial score (nSPS) is 17.0. The van der Waals surface area contributed by atoms with Crippen LogP contribution in [0.2, 0.25) is 0 Å². The van der Waals surface area contributed by atoms with Crippen molar-refractivity contribution in [2.24, 2.45) is 0 Å². The summed E-state index contributed by atoms with van der Waals surface area (Å²) in [7, 11) is -3.76. The van der Waals surface area contributed by atoms with Gasteiger partial charge in [0.15, 0.2) is 0 Å². The fourth-order valence-electron chi connectivity index (χ4n) is 2.68. The van der Waals surface area contributed by atoms with Crippen LogP contribution in [0.1, 0.15) is 29.3 Å². The molecule has 1 saturated heterocycles. The second-order valence-electron chi connectivity index (χ2n) is 6.17. The molecule has 1 heterocycles. The molecule has 0 radical (unpaired) electrons. The molecule has 1 aromatic rings. The molecule has 0 aliphatic carbocycles. The summed E-state index contributed by atoms with van der Waals surface area (Å²) in [5.41, 5.74) is 0.612. The number of allylic oxidation sites excluding steroid dienone is 1. The molecule has 27 heavy (non-hydrogen) atoms. The largest absolute Gasteiger partial charge is 0.480 e. The third-order valence-corrected chi connectivity index (χ3v) is 6.29. The van der Waals surface area contributed by atoms with E-state index >= 15 is 0 Å². The number of aryl methyl sites for hydroxylation is 1. The van der Waals surface area contributed by atoms with Crippen LogP contribution in [-0.4, -0.2) is 62.1 Å². The van der Waals surface area contributed by atoms with Crippen LogP contribution >= 0.6 is 0 Å². The molecule has 0 saturated carbocycles. The Bertz CT molecular complexity index is 828. The molecule has 1 aliphatic rings. The van der Waals surface area contributed by atoms with Gasteiger partial charge in [-0.15, -0.1) is 0 Å². The molecule has 2 N–H and O–H groups in total. The first-order chi connectivity index (χ1) is 12.8. The molecule has 148 valence electrons. The van der Waals surface area contributed by atoms with Crippen molar-refractivity contribution in [3.8, 4) is 0 Å². The highest BCUT2D eigenvalue weighted by atomic mass is 32.2. The van der Waals surface area contributed by atoms with Gasteiger partial charge in [-0.2, -0.15) is 4.31 Å². The van der Waals surface area contributed by atoms with Crippen molar-refractivity contribution in [1.29, 1.82) is 0 Å². The standard InChI is InChI=1S/C18H24N2O6S/c1-3-4-5-15(18(22)23)19-17(21)14-7-6-13(2)16(12-14)27(24,25)20-8-10-26-11-9-20/h3-4,6-7,12,15H,5,8-11H2,1-2H3,(H,19,21)(H,22,23)/b4-3+. The second kappa shape index (κ2) is 9.12. The molecule has 9 heteroatoms. The number of sulfonamides is 1. The first kappa shape index (κ1) is 21.1. The summed E-state index contributed by atoms with van der Waals surface area (Å²) in [6, 6.07) is 3.24. The lowest BCUT2D eigenvalue weighted by Crippen LogP contribution is -2.41. The summed E-state index contributed by atoms with van der Waals surface area (Å²) >= 11 is 0. The average Bonchev–Trinajstić information content (AvgIpc) is 2.65. The van der Waals surface area contributed by atoms with Gasteiger partial charge >= 0.3 is 5.97 Å². The smallest absolute Gasteiger partial charge is 0.326 e. The third kappa shape index (κ3) is 5.15. The maximum Gasteiger partial charge on any atom is 0.326 e. The van der Waals surface area contributed by atoms with E-state index in [9.17, 15) is 23.1 Å². The van der Waals surface area contributed by atoms with Gasteiger partial charge in [-0.3, -0.25) is 4.79 Å². The number of ether oxygens (including phenoxy) is 1. The van der Waals surface area contributed by atoms with Crippen LogP contribution in [0.4, 0.5) is 0 Å². The van der Waals surface area contributed by atoms with Crippen molar-refractivity contribution in [3.05, 3.63) is 41.5 Å². The van der Waals surface area contributed by atoms with E-state index in [1.807, 2.05) is 0 Å². The van der Waals surface area contributed by atoms with Gasteiger partial charge in [0.2, 0.25) is 10.0 Å². The van der Waals surface area contributed by atoms with Gasteiger partial charge < -0.3 is 15.2 Å². The van der Waals surface area contributed by atoms with Crippen LogP contribution in [0.5, 0.6) is 0 Å². The van der Waals surface area contributed by atoms with Gasteiger partial charge in [-0.1, -0.05) is 18.2 Å². The maximum absolute atomic E-state index is 12.9. The van der Waals surface area contributed by atoms with Gasteiger partial charge in [-0.05, 0) is 38.0 Å². The molecule has 1 fully saturated rings. The van der Waals surface area contributed by atoms with E-state index in [-0.39, 0.29) is 30.0 Å². The van der Waals surface area contributed by atoms with Gasteiger partial charge in [0.25, 0.3) is 5.91 Å². The Kier molecular flexibility index (Phi) is 7.11. The van der Waals surface area contributed by atoms with Crippen molar-refractivity contribution in [2.45, 2.75) is 31.2 Å². The Balaban J connectivity index is 2.27. The van der Waals surface area contributed by atoms with Crippen LogP contribution in [0.3, 0.4) is 0 Å². The fraction of sp³-hybridized carbons (Fsp3) is 0.444. The minimum absolute atomic E-state index is 0.0392. The summed E-state index contributed by atoms with van der Waals surface area (Å²) < 4.78 is 32.3. The zero-order valence-corrected chi connectivity index (χ0v) is 16.2. The third-order valence-electron chi connectivity index (χ3n) is 4.25. The highest BCUT2D eigenvalue weighted by molar-refractivity contribution is 7.89. The summed E-state index contributed by atoms with van der Waals surface area (Å²) in [6.07, 6.45) is 3.48. The first-order valence-electron chi connectivity index (χ1n) is 8.60. The Hall–Kier alpha value is -2.23. The summed E-state index contributed by atoms with van der Waals surface area (Å²) in [6.45, 7) is 4.56. The van der Waals surface area contributed by atoms with Gasteiger partial charge in [0.05, 0.1) is 18.1 Å². The molecule has 8 nitrogen and oxygen atoms in total. The van der Waals surface area contributed by atoms with Crippen LogP contribution in [-0.2, 0) is 19.6 Å². The quantitative estimate of drug-likeness (QED) is 0.669. The SMILES string of the molecule is C/C=C/CC(NC(=O)c1ccc(C)c(S(=O)(=O)N2CCOCC2)c1)C(=O)O. The van der Waals surface area contributed by atoms with Gasteiger partial charge in [0.1, 0.15) is 6.04 Å². The van der Waals surface area contributed by atoms with Crippen molar-refractivity contribution >= 4 is 21.9 Å². The Morgan fingerprint density at radius 3 is 2.59 bits per heavy atom. The number of morpholine rings is 1. The molecule has 1 unspecified atom stereocenters. The molecule has 2 rings (SSSR count). The lowest BCUT2D eigenvalue weighted by atomic mass is 10.1. The number of hydrogen-bond donors (Lipinski definition) is 2. The molecular weight excluding hydrogens is 372 g/mol. The molecule has 1 aromatic carbocycles. The van der Waals surface area contributed by atoms with Gasteiger partial charge in [0, 0.05) is 18.7 Å². The number of carboxylic acid groups (broad SMARTS) is 1. The number of carboxylic acids is 1. The van der Waals surface area contributed by atoms with Crippen LogP contribution in [0, 0.1) is 6.92 Å². The van der Waals surface area contributed by atoms with Crippen LogP contribution in [0.15, 0.2) is 35.2 Å². The minimum atomic E-state index is -3.76. The fourth-order valence-corrected chi connectivity index (χ4v) is 4.34. The predicted molar refractivity (Wildman–Crippen MR) is 99.1 cm³/mol. The van der Waals surface area contributed by atoms with Crippen molar-refractivity contribution in [2.75, 3.05) is 26.3 Å². The van der Waals surface area contributed by atoms with Crippen LogP contribution in [0.25, 0.3) is 0 Å². The first-order valence-corrected chi connectivity index (χ1v) is 10.0. The number of benzene rings is 1. The van der Waals surface area contributed by atoms with Crippen LogP contribution < -0.4 is 5.32 Å². The number of nitrogens with zero attached hydrogens (tertiary/aromatic N) is 1. The Labute approximate surface area is 158 Å². The molecule has 0 spiro atoms. The maximum atomic E-state index is 12.9. The lowest BCUT2D eigenvalue weighted by Gasteiger charge is -2.26. The minimum Gasteiger partial charge on any atom is -0.480 e.